The average Bonchev–Trinajstić information content (AvgIpc) is 2.38. The highest BCUT2D eigenvalue weighted by Crippen LogP contribution is 2.32. The Morgan fingerprint density at radius 1 is 1.37 bits per heavy atom. The lowest BCUT2D eigenvalue weighted by molar-refractivity contribution is 0.447. The molecule has 0 saturated carbocycles. The van der Waals surface area contributed by atoms with Crippen LogP contribution in [-0.2, 0) is 6.42 Å². The van der Waals surface area contributed by atoms with Gasteiger partial charge in [-0.2, -0.15) is 0 Å². The fourth-order valence-electron chi connectivity index (χ4n) is 1.64. The number of halogens is 2. The molecule has 0 aliphatic carbocycles. The number of nitrogen functional groups attached to an aromatic ring is 1. The van der Waals surface area contributed by atoms with E-state index >= 15 is 0 Å². The zero-order valence-electron chi connectivity index (χ0n) is 10.4. The van der Waals surface area contributed by atoms with Crippen molar-refractivity contribution in [2.75, 3.05) is 5.73 Å². The molecule has 19 heavy (non-hydrogen) atoms. The quantitative estimate of drug-likeness (QED) is 0.930. The van der Waals surface area contributed by atoms with Crippen molar-refractivity contribution in [3.8, 4) is 11.6 Å². The summed E-state index contributed by atoms with van der Waals surface area (Å²) in [6, 6.07) is 4.21. The lowest BCUT2D eigenvalue weighted by Gasteiger charge is -2.11. The van der Waals surface area contributed by atoms with Crippen LogP contribution in [0, 0.1) is 5.82 Å². The largest absolute Gasteiger partial charge is 0.437 e. The summed E-state index contributed by atoms with van der Waals surface area (Å²) in [5.41, 5.74) is 6.55. The van der Waals surface area contributed by atoms with E-state index in [1.165, 1.54) is 18.5 Å². The molecule has 100 valence electrons. The highest BCUT2D eigenvalue weighted by Gasteiger charge is 2.12. The van der Waals surface area contributed by atoms with Crippen LogP contribution in [0.15, 0.2) is 29.0 Å². The molecule has 2 aromatic rings. The number of nitrogens with zero attached hydrogens (tertiary/aromatic N) is 2. The molecular weight excluding hydrogens is 313 g/mol. The normalized spacial score (nSPS) is 10.5. The van der Waals surface area contributed by atoms with Gasteiger partial charge in [-0.05, 0) is 34.5 Å². The molecule has 0 unspecified atom stereocenters. The first-order valence-corrected chi connectivity index (χ1v) is 6.63. The summed E-state index contributed by atoms with van der Waals surface area (Å²) in [5.74, 6) is 0.729. The Morgan fingerprint density at radius 2 is 2.16 bits per heavy atom. The molecule has 1 aromatic carbocycles. The molecule has 2 N–H and O–H groups in total. The molecule has 1 heterocycles. The maximum absolute atomic E-state index is 13.2. The standard InChI is InChI=1S/C13H13BrFN3O/c1-2-3-9-12(16)17-7-18-13(9)19-11-6-8(15)4-5-10(11)14/h4-7H,2-3H2,1H3,(H2,16,17,18). The third kappa shape index (κ3) is 3.20. The molecule has 0 saturated heterocycles. The maximum Gasteiger partial charge on any atom is 0.227 e. The van der Waals surface area contributed by atoms with Crippen molar-refractivity contribution in [2.24, 2.45) is 0 Å². The van der Waals surface area contributed by atoms with E-state index in [1.807, 2.05) is 6.92 Å². The van der Waals surface area contributed by atoms with Crippen molar-refractivity contribution >= 4 is 21.7 Å². The molecule has 0 atom stereocenters. The molecule has 0 fully saturated rings. The Hall–Kier alpha value is -1.69. The first-order chi connectivity index (χ1) is 9.11. The van der Waals surface area contributed by atoms with Crippen molar-refractivity contribution in [3.05, 3.63) is 40.4 Å². The minimum Gasteiger partial charge on any atom is -0.437 e. The van der Waals surface area contributed by atoms with Gasteiger partial charge in [-0.25, -0.2) is 14.4 Å². The van der Waals surface area contributed by atoms with Gasteiger partial charge in [0.25, 0.3) is 0 Å². The number of nitrogens with two attached hydrogens (primary N) is 1. The zero-order chi connectivity index (χ0) is 13.8. The van der Waals surface area contributed by atoms with E-state index in [0.717, 1.165) is 12.0 Å². The second kappa shape index (κ2) is 5.97. The average molecular weight is 326 g/mol. The molecule has 0 aliphatic heterocycles. The third-order valence-electron chi connectivity index (χ3n) is 2.54. The van der Waals surface area contributed by atoms with Crippen molar-refractivity contribution in [1.29, 1.82) is 0 Å². The third-order valence-corrected chi connectivity index (χ3v) is 3.19. The minimum atomic E-state index is -0.378. The van der Waals surface area contributed by atoms with E-state index in [0.29, 0.717) is 28.3 Å². The van der Waals surface area contributed by atoms with Crippen LogP contribution in [0.3, 0.4) is 0 Å². The Balaban J connectivity index is 2.37. The van der Waals surface area contributed by atoms with E-state index in [9.17, 15) is 4.39 Å². The molecule has 0 spiro atoms. The van der Waals surface area contributed by atoms with Crippen LogP contribution in [0.4, 0.5) is 10.2 Å². The molecule has 4 nitrogen and oxygen atoms in total. The van der Waals surface area contributed by atoms with Gasteiger partial charge in [0.15, 0.2) is 0 Å². The summed E-state index contributed by atoms with van der Waals surface area (Å²) in [6.45, 7) is 2.02. The van der Waals surface area contributed by atoms with Crippen LogP contribution >= 0.6 is 15.9 Å². The summed E-state index contributed by atoms with van der Waals surface area (Å²) in [6.07, 6.45) is 2.92. The summed E-state index contributed by atoms with van der Waals surface area (Å²) in [7, 11) is 0. The van der Waals surface area contributed by atoms with Gasteiger partial charge >= 0.3 is 0 Å². The Bertz CT molecular complexity index is 592. The van der Waals surface area contributed by atoms with Gasteiger partial charge in [0.05, 0.1) is 10.0 Å². The second-order valence-electron chi connectivity index (χ2n) is 3.97. The van der Waals surface area contributed by atoms with Crippen LogP contribution in [0.25, 0.3) is 0 Å². The fraction of sp³-hybridized carbons (Fsp3) is 0.231. The number of benzene rings is 1. The second-order valence-corrected chi connectivity index (χ2v) is 4.82. The van der Waals surface area contributed by atoms with Gasteiger partial charge in [-0.1, -0.05) is 13.3 Å². The number of rotatable bonds is 4. The van der Waals surface area contributed by atoms with Crippen LogP contribution in [-0.4, -0.2) is 9.97 Å². The first kappa shape index (κ1) is 13.7. The fourth-order valence-corrected chi connectivity index (χ4v) is 1.97. The molecule has 0 radical (unpaired) electrons. The summed E-state index contributed by atoms with van der Waals surface area (Å²) in [4.78, 5) is 8.01. The monoisotopic (exact) mass is 325 g/mol. The van der Waals surface area contributed by atoms with E-state index in [1.54, 1.807) is 6.07 Å². The van der Waals surface area contributed by atoms with Gasteiger partial charge in [-0.3, -0.25) is 0 Å². The molecule has 2 rings (SSSR count). The molecule has 0 amide bonds. The van der Waals surface area contributed by atoms with Crippen molar-refractivity contribution < 1.29 is 9.13 Å². The predicted molar refractivity (Wildman–Crippen MR) is 74.6 cm³/mol. The van der Waals surface area contributed by atoms with Crippen molar-refractivity contribution in [2.45, 2.75) is 19.8 Å². The maximum atomic E-state index is 13.2. The molecular formula is C13H13BrFN3O. The van der Waals surface area contributed by atoms with E-state index in [2.05, 4.69) is 25.9 Å². The van der Waals surface area contributed by atoms with Crippen molar-refractivity contribution in [1.82, 2.24) is 9.97 Å². The van der Waals surface area contributed by atoms with E-state index in [4.69, 9.17) is 10.5 Å². The summed E-state index contributed by atoms with van der Waals surface area (Å²) >= 11 is 3.30. The van der Waals surface area contributed by atoms with E-state index in [-0.39, 0.29) is 5.82 Å². The van der Waals surface area contributed by atoms with Gasteiger partial charge < -0.3 is 10.5 Å². The first-order valence-electron chi connectivity index (χ1n) is 5.84. The van der Waals surface area contributed by atoms with Crippen LogP contribution in [0.1, 0.15) is 18.9 Å². The molecule has 0 bridgehead atoms. The molecule has 0 aliphatic rings. The zero-order valence-corrected chi connectivity index (χ0v) is 11.9. The lowest BCUT2D eigenvalue weighted by Crippen LogP contribution is -2.03. The topological polar surface area (TPSA) is 61.0 Å². The molecule has 6 heteroatoms. The van der Waals surface area contributed by atoms with Crippen LogP contribution in [0.5, 0.6) is 11.6 Å². The van der Waals surface area contributed by atoms with Gasteiger partial charge in [0, 0.05) is 6.07 Å². The number of hydrogen-bond donors (Lipinski definition) is 1. The number of ether oxygens (including phenoxy) is 1. The highest BCUT2D eigenvalue weighted by molar-refractivity contribution is 9.10. The lowest BCUT2D eigenvalue weighted by atomic mass is 10.2. The number of aromatic nitrogens is 2. The number of hydrogen-bond acceptors (Lipinski definition) is 4. The summed E-state index contributed by atoms with van der Waals surface area (Å²) < 4.78 is 19.5. The molecule has 1 aromatic heterocycles. The minimum absolute atomic E-state index is 0.357. The summed E-state index contributed by atoms with van der Waals surface area (Å²) in [5, 5.41) is 0. The van der Waals surface area contributed by atoms with Crippen molar-refractivity contribution in [3.63, 3.8) is 0 Å². The number of anilines is 1. The van der Waals surface area contributed by atoms with Crippen LogP contribution in [0.2, 0.25) is 0 Å². The predicted octanol–water partition coefficient (Wildman–Crippen LogP) is 3.71. The smallest absolute Gasteiger partial charge is 0.227 e. The SMILES string of the molecule is CCCc1c(N)ncnc1Oc1cc(F)ccc1Br. The van der Waals surface area contributed by atoms with Gasteiger partial charge in [0.1, 0.15) is 23.7 Å². The van der Waals surface area contributed by atoms with Crippen LogP contribution < -0.4 is 10.5 Å². The highest BCUT2D eigenvalue weighted by atomic mass is 79.9. The Morgan fingerprint density at radius 3 is 2.89 bits per heavy atom. The van der Waals surface area contributed by atoms with E-state index < -0.39 is 0 Å². The van der Waals surface area contributed by atoms with Gasteiger partial charge in [0.2, 0.25) is 5.88 Å². The Labute approximate surface area is 119 Å². The Kier molecular flexibility index (Phi) is 4.31. The van der Waals surface area contributed by atoms with Gasteiger partial charge in [-0.15, -0.1) is 0 Å².